The topological polar surface area (TPSA) is 176 Å². The number of β-lactam (4-membered cyclic amide) rings is 1. The van der Waals surface area contributed by atoms with Gasteiger partial charge in [-0.15, -0.1) is 0 Å². The Bertz CT molecular complexity index is 1630. The summed E-state index contributed by atoms with van der Waals surface area (Å²) in [7, 11) is -4.00. The van der Waals surface area contributed by atoms with Crippen molar-refractivity contribution in [3.63, 3.8) is 0 Å². The molecule has 2 amide bonds. The summed E-state index contributed by atoms with van der Waals surface area (Å²) in [6, 6.07) is 5.12. The molecule has 2 bridgehead atoms. The van der Waals surface area contributed by atoms with Crippen molar-refractivity contribution in [2.45, 2.75) is 44.8 Å². The Balaban J connectivity index is 0.00000401. The Labute approximate surface area is 287 Å². The van der Waals surface area contributed by atoms with Crippen molar-refractivity contribution >= 4 is 39.4 Å². The molecular weight excluding hydrogens is 662 g/mol. The van der Waals surface area contributed by atoms with E-state index in [4.69, 9.17) is 5.73 Å². The number of benzene rings is 1. The smallest absolute Gasteiger partial charge is 0.326 e. The third-order valence-corrected chi connectivity index (χ3v) is 13.9. The molecule has 7 heterocycles. The summed E-state index contributed by atoms with van der Waals surface area (Å²) in [4.78, 5) is 38.8. The first-order valence-electron chi connectivity index (χ1n) is 16.9. The van der Waals surface area contributed by atoms with Gasteiger partial charge in [0.05, 0.1) is 54.2 Å². The van der Waals surface area contributed by atoms with Crippen molar-refractivity contribution in [2.24, 2.45) is 17.6 Å². The normalized spacial score (nSPS) is 33.2. The molecule has 0 aromatic heterocycles. The molecule has 7 aliphatic rings. The second-order valence-electron chi connectivity index (χ2n) is 14.5. The lowest BCUT2D eigenvalue weighted by Gasteiger charge is -2.55. The van der Waals surface area contributed by atoms with E-state index in [0.717, 1.165) is 66.8 Å². The number of carbonyl (C=O) groups excluding carboxylic acids is 3. The van der Waals surface area contributed by atoms with Gasteiger partial charge in [-0.2, -0.15) is 8.42 Å². The molecule has 5 atom stereocenters. The lowest BCUT2D eigenvalue weighted by Crippen LogP contribution is -3.00. The van der Waals surface area contributed by atoms with E-state index in [2.05, 4.69) is 5.32 Å². The molecule has 4 saturated heterocycles. The minimum atomic E-state index is -4.00. The summed E-state index contributed by atoms with van der Waals surface area (Å²) in [6.07, 6.45) is 0.663. The fourth-order valence-electron chi connectivity index (χ4n) is 9.35. The number of anilines is 2. The molecule has 0 spiro atoms. The fourth-order valence-corrected chi connectivity index (χ4v) is 11.0. The van der Waals surface area contributed by atoms with Crippen molar-refractivity contribution in [2.75, 3.05) is 87.1 Å². The van der Waals surface area contributed by atoms with Crippen LogP contribution in [0.25, 0.3) is 0 Å². The predicted octanol–water partition coefficient (Wildman–Crippen LogP) is -4.96. The lowest BCUT2D eigenvalue weighted by molar-refractivity contribution is -1.08. The van der Waals surface area contributed by atoms with Gasteiger partial charge in [0.25, 0.3) is 5.91 Å². The van der Waals surface area contributed by atoms with E-state index in [1.807, 2.05) is 12.1 Å². The molecule has 7 aliphatic heterocycles. The van der Waals surface area contributed by atoms with E-state index in [9.17, 15) is 33.0 Å². The largest absolute Gasteiger partial charge is 1.00 e. The van der Waals surface area contributed by atoms with Crippen LogP contribution in [0, 0.1) is 11.8 Å². The molecule has 0 saturated carbocycles. The van der Waals surface area contributed by atoms with Gasteiger partial charge in [0.15, 0.2) is 6.54 Å². The number of hydrogen-bond donors (Lipinski definition) is 3. The van der Waals surface area contributed by atoms with Gasteiger partial charge < -0.3 is 52.3 Å². The maximum Gasteiger partial charge on any atom is 0.326 e. The SMILES string of the molecule is C[C@@H](O)[C@H]1C(=O)N2C(C(=O)[O-])=C(CN3c4cccc5c4N(CCC5CC[N+]45CC[N+](CC(=O)NCCN)(CC4)CC5)S3(=O)=O)[C@H](C)[C@H]12.[Cl-]. The average Bonchev–Trinajstić information content (AvgIpc) is 3.41. The van der Waals surface area contributed by atoms with E-state index in [1.54, 1.807) is 13.0 Å². The molecule has 1 unspecified atom stereocenters. The Morgan fingerprint density at radius 1 is 1.15 bits per heavy atom. The van der Waals surface area contributed by atoms with Crippen molar-refractivity contribution in [1.82, 2.24) is 10.2 Å². The number of piperazine rings is 3. The highest BCUT2D eigenvalue weighted by Gasteiger charge is 2.59. The van der Waals surface area contributed by atoms with Gasteiger partial charge in [0, 0.05) is 32.0 Å². The number of carbonyl (C=O) groups is 3. The van der Waals surface area contributed by atoms with Gasteiger partial charge in [-0.25, -0.2) is 4.31 Å². The number of amides is 2. The van der Waals surface area contributed by atoms with Crippen LogP contribution in [0.5, 0.6) is 0 Å². The van der Waals surface area contributed by atoms with Crippen molar-refractivity contribution in [1.29, 1.82) is 0 Å². The number of aliphatic hydroxyl groups excluding tert-OH is 1. The van der Waals surface area contributed by atoms with Crippen LogP contribution in [-0.2, 0) is 24.6 Å². The van der Waals surface area contributed by atoms with Crippen LogP contribution in [0.4, 0.5) is 11.4 Å². The molecule has 264 valence electrons. The van der Waals surface area contributed by atoms with E-state index >= 15 is 0 Å². The first kappa shape index (κ1) is 34.9. The van der Waals surface area contributed by atoms with E-state index in [0.29, 0.717) is 49.5 Å². The second-order valence-corrected chi connectivity index (χ2v) is 16.3. The number of para-hydroxylation sites is 1. The molecule has 1 aromatic rings. The molecule has 1 aromatic carbocycles. The van der Waals surface area contributed by atoms with Crippen LogP contribution in [0.2, 0.25) is 0 Å². The third kappa shape index (κ3) is 5.28. The number of quaternary nitrogens is 2. The minimum absolute atomic E-state index is 0. The Kier molecular flexibility index (Phi) is 9.03. The molecule has 4 N–H and O–H groups in total. The maximum absolute atomic E-state index is 14.0. The number of hydrogen-bond acceptors (Lipinski definition) is 8. The number of halogens is 1. The average molecular weight is 708 g/mol. The maximum atomic E-state index is 14.0. The Morgan fingerprint density at radius 3 is 2.44 bits per heavy atom. The minimum Gasteiger partial charge on any atom is -1.00 e. The predicted molar refractivity (Wildman–Crippen MR) is 171 cm³/mol. The Hall–Kier alpha value is -2.95. The summed E-state index contributed by atoms with van der Waals surface area (Å²) >= 11 is 0. The first-order chi connectivity index (χ1) is 22.3. The van der Waals surface area contributed by atoms with E-state index in [-0.39, 0.29) is 36.5 Å². The molecule has 8 rings (SSSR count). The summed E-state index contributed by atoms with van der Waals surface area (Å²) in [5.41, 5.74) is 7.78. The zero-order chi connectivity index (χ0) is 33.5. The standard InChI is InChI=1S/C32H45N7O7S.ClH/c1-20-24(30(32(43)44)37-28(20)27(21(2)40)31(37)42)18-36-25-5-3-4-23-22(6-10-35(29(23)25)47(36,45)46)7-11-38-12-15-39(16-13-38,17-14-38)19-26(41)34-9-8-33;/h3-5,20-22,27-28,40H,6-19,33H2,1-2H3;1H/t20-,21+,22?,27+,28+,38?,39?;/m0./s1. The molecule has 14 nitrogen and oxygen atoms in total. The molecule has 0 aliphatic carbocycles. The van der Waals surface area contributed by atoms with Crippen molar-refractivity contribution < 1.29 is 54.4 Å². The van der Waals surface area contributed by atoms with Gasteiger partial charge in [0.1, 0.15) is 39.3 Å². The summed E-state index contributed by atoms with van der Waals surface area (Å²) < 4.78 is 32.7. The van der Waals surface area contributed by atoms with Crippen LogP contribution >= 0.6 is 0 Å². The van der Waals surface area contributed by atoms with E-state index in [1.165, 1.54) is 20.4 Å². The monoisotopic (exact) mass is 707 g/mol. The number of nitrogens with two attached hydrogens (primary N) is 1. The molecule has 16 heteroatoms. The highest BCUT2D eigenvalue weighted by Crippen LogP contribution is 2.52. The van der Waals surface area contributed by atoms with Crippen molar-refractivity contribution in [3.05, 3.63) is 35.0 Å². The fraction of sp³-hybridized carbons (Fsp3) is 0.656. The zero-order valence-corrected chi connectivity index (χ0v) is 29.1. The third-order valence-electron chi connectivity index (χ3n) is 12.1. The number of aliphatic carboxylic acids is 1. The number of rotatable bonds is 11. The van der Waals surface area contributed by atoms with Crippen LogP contribution < -0.4 is 37.2 Å². The van der Waals surface area contributed by atoms with Crippen molar-refractivity contribution in [3.8, 4) is 0 Å². The molecular formula is C32H46ClN7O7S. The number of carboxylic acid groups (broad SMARTS) is 1. The van der Waals surface area contributed by atoms with Crippen LogP contribution in [-0.4, -0.2) is 136 Å². The quantitative estimate of drug-likeness (QED) is 0.151. The van der Waals surface area contributed by atoms with Crippen LogP contribution in [0.15, 0.2) is 29.5 Å². The zero-order valence-electron chi connectivity index (χ0n) is 27.5. The van der Waals surface area contributed by atoms with Crippen LogP contribution in [0.3, 0.4) is 0 Å². The first-order valence-corrected chi connectivity index (χ1v) is 18.3. The van der Waals surface area contributed by atoms with Gasteiger partial charge in [0.2, 0.25) is 5.91 Å². The molecule has 48 heavy (non-hydrogen) atoms. The number of fused-ring (bicyclic) bond motifs is 4. The number of nitrogens with zero attached hydrogens (tertiary/aromatic N) is 5. The number of nitrogens with one attached hydrogen (secondary N) is 1. The summed E-state index contributed by atoms with van der Waals surface area (Å²) in [5, 5.41) is 25.4. The number of aliphatic hydroxyl groups is 1. The van der Waals surface area contributed by atoms with Gasteiger partial charge in [-0.05, 0) is 36.5 Å². The van der Waals surface area contributed by atoms with E-state index < -0.39 is 46.1 Å². The summed E-state index contributed by atoms with van der Waals surface area (Å²) in [6.45, 7) is 11.9. The summed E-state index contributed by atoms with van der Waals surface area (Å²) in [5.74, 6) is -2.95. The highest BCUT2D eigenvalue weighted by atomic mass is 35.5. The van der Waals surface area contributed by atoms with Gasteiger partial charge in [-0.1, -0.05) is 19.1 Å². The van der Waals surface area contributed by atoms with Gasteiger partial charge in [-0.3, -0.25) is 13.9 Å². The number of carboxylic acids is 1. The highest BCUT2D eigenvalue weighted by molar-refractivity contribution is 7.94. The van der Waals surface area contributed by atoms with Gasteiger partial charge >= 0.3 is 10.2 Å². The Morgan fingerprint density at radius 2 is 1.81 bits per heavy atom. The molecule has 4 fully saturated rings. The second kappa shape index (κ2) is 12.4. The van der Waals surface area contributed by atoms with Crippen LogP contribution in [0.1, 0.15) is 38.2 Å². The molecule has 0 radical (unpaired) electrons. The lowest BCUT2D eigenvalue weighted by atomic mass is 9.77.